The predicted octanol–water partition coefficient (Wildman–Crippen LogP) is 3.84. The molecule has 0 radical (unpaired) electrons. The largest absolute Gasteiger partial charge is 0.444 e. The molecule has 0 saturated carbocycles. The van der Waals surface area contributed by atoms with Crippen LogP contribution in [0.15, 0.2) is 0 Å². The molecule has 4 atom stereocenters. The van der Waals surface area contributed by atoms with Crippen LogP contribution in [0.5, 0.6) is 0 Å². The van der Waals surface area contributed by atoms with Crippen LogP contribution in [0.2, 0.25) is 0 Å². The zero-order valence-corrected chi connectivity index (χ0v) is 22.7. The Labute approximate surface area is 197 Å². The summed E-state index contributed by atoms with van der Waals surface area (Å²) >= 11 is 0. The maximum atomic E-state index is 13.7. The molecular weight excluding hydrogens is 452 g/mol. The zero-order chi connectivity index (χ0) is 25.9. The molecule has 10 nitrogen and oxygen atoms in total. The average Bonchev–Trinajstić information content (AvgIpc) is 2.93. The highest BCUT2D eigenvalue weighted by Gasteiger charge is 2.61. The van der Waals surface area contributed by atoms with Crippen LogP contribution in [0, 0.1) is 0 Å². The van der Waals surface area contributed by atoms with E-state index in [-0.39, 0.29) is 0 Å². The number of hydrogen-bond donors (Lipinski definition) is 0. The first-order valence-corrected chi connectivity index (χ1v) is 12.8. The zero-order valence-electron chi connectivity index (χ0n) is 21.9. The maximum Gasteiger partial charge on any atom is 0.412 e. The molecular formula is C22H40N2O8S. The minimum atomic E-state index is -4.14. The van der Waals surface area contributed by atoms with Gasteiger partial charge in [0.05, 0.1) is 12.1 Å². The van der Waals surface area contributed by atoms with E-state index in [0.717, 1.165) is 0 Å². The van der Waals surface area contributed by atoms with Crippen molar-refractivity contribution in [1.29, 1.82) is 0 Å². The quantitative estimate of drug-likeness (QED) is 0.572. The third kappa shape index (κ3) is 5.57. The molecule has 2 saturated heterocycles. The Balaban J connectivity index is 2.36. The van der Waals surface area contributed by atoms with Crippen molar-refractivity contribution in [2.45, 2.75) is 129 Å². The Hall–Kier alpha value is -1.59. The lowest BCUT2D eigenvalue weighted by Crippen LogP contribution is -2.51. The molecule has 0 unspecified atom stereocenters. The molecule has 0 aromatic carbocycles. The lowest BCUT2D eigenvalue weighted by Gasteiger charge is -2.33. The van der Waals surface area contributed by atoms with E-state index >= 15 is 0 Å². The number of nitrogens with zero attached hydrogens (tertiary/aromatic N) is 2. The topological polar surface area (TPSA) is 112 Å². The van der Waals surface area contributed by atoms with E-state index < -0.39 is 67.6 Å². The van der Waals surface area contributed by atoms with Crippen molar-refractivity contribution < 1.29 is 37.0 Å². The van der Waals surface area contributed by atoms with E-state index in [4.69, 9.17) is 18.9 Å². The van der Waals surface area contributed by atoms with Gasteiger partial charge in [-0.05, 0) is 83.1 Å². The summed E-state index contributed by atoms with van der Waals surface area (Å²) in [4.78, 5) is 28.3. The van der Waals surface area contributed by atoms with E-state index in [1.807, 2.05) is 0 Å². The molecule has 0 aliphatic carbocycles. The molecule has 2 fully saturated rings. The number of sulfone groups is 1. The molecule has 2 heterocycles. The van der Waals surface area contributed by atoms with Crippen molar-refractivity contribution in [1.82, 2.24) is 9.80 Å². The second kappa shape index (κ2) is 8.27. The lowest BCUT2D eigenvalue weighted by atomic mass is 10.2. The van der Waals surface area contributed by atoms with E-state index in [1.165, 1.54) is 9.80 Å². The predicted molar refractivity (Wildman–Crippen MR) is 122 cm³/mol. The van der Waals surface area contributed by atoms with E-state index in [9.17, 15) is 18.0 Å². The Kier molecular flexibility index (Phi) is 6.93. The van der Waals surface area contributed by atoms with Gasteiger partial charge in [-0.2, -0.15) is 0 Å². The van der Waals surface area contributed by atoms with Crippen molar-refractivity contribution in [3.8, 4) is 0 Å². The smallest absolute Gasteiger partial charge is 0.412 e. The van der Waals surface area contributed by atoms with Crippen molar-refractivity contribution in [2.75, 3.05) is 0 Å². The van der Waals surface area contributed by atoms with Gasteiger partial charge in [0, 0.05) is 0 Å². The van der Waals surface area contributed by atoms with Crippen LogP contribution in [-0.4, -0.2) is 76.0 Å². The molecule has 2 aliphatic rings. The molecule has 2 amide bonds. The van der Waals surface area contributed by atoms with Gasteiger partial charge in [-0.15, -0.1) is 0 Å². The van der Waals surface area contributed by atoms with Gasteiger partial charge in [-0.1, -0.05) is 0 Å². The molecule has 2 rings (SSSR count). The summed E-state index contributed by atoms with van der Waals surface area (Å²) in [6.07, 6.45) is -1.34. The molecule has 0 spiro atoms. The van der Waals surface area contributed by atoms with Crippen molar-refractivity contribution >= 4 is 22.0 Å². The minimum absolute atomic E-state index is 0.672. The fraction of sp³-hybridized carbons (Fsp3) is 0.909. The monoisotopic (exact) mass is 492 g/mol. The third-order valence-electron chi connectivity index (χ3n) is 5.40. The number of amides is 2. The lowest BCUT2D eigenvalue weighted by molar-refractivity contribution is -0.0716. The molecule has 11 heteroatoms. The maximum absolute atomic E-state index is 13.7. The van der Waals surface area contributed by atoms with Gasteiger partial charge in [0.2, 0.25) is 9.84 Å². The minimum Gasteiger partial charge on any atom is -0.444 e. The highest BCUT2D eigenvalue weighted by Crippen LogP contribution is 2.42. The summed E-state index contributed by atoms with van der Waals surface area (Å²) in [5.41, 5.74) is -6.73. The molecule has 0 aromatic heterocycles. The molecule has 192 valence electrons. The van der Waals surface area contributed by atoms with E-state index in [0.29, 0.717) is 0 Å². The van der Waals surface area contributed by atoms with E-state index in [2.05, 4.69) is 0 Å². The third-order valence-corrected chi connectivity index (χ3v) is 7.68. The molecule has 0 aromatic rings. The van der Waals surface area contributed by atoms with Gasteiger partial charge < -0.3 is 18.9 Å². The number of carbonyl (C=O) groups is 2. The normalized spacial score (nSPS) is 29.8. The summed E-state index contributed by atoms with van der Waals surface area (Å²) in [5.74, 6) is 0. The van der Waals surface area contributed by atoms with Crippen LogP contribution in [0.4, 0.5) is 9.59 Å². The SMILES string of the molecule is C[C@H]1[C@H](S(=O)(=O)[C@H]2OC(C)(C)N(C(=O)OC(C)(C)C)[C@H]2C)OC(C)(C)N1C(=O)OC(C)(C)C. The van der Waals surface area contributed by atoms with E-state index in [1.54, 1.807) is 83.1 Å². The van der Waals surface area contributed by atoms with Gasteiger partial charge >= 0.3 is 12.2 Å². The summed E-state index contributed by atoms with van der Waals surface area (Å²) in [6.45, 7) is 20.0. The second-order valence-corrected chi connectivity index (χ2v) is 13.7. The van der Waals surface area contributed by atoms with Gasteiger partial charge in [0.25, 0.3) is 0 Å². The van der Waals surface area contributed by atoms with Gasteiger partial charge in [-0.25, -0.2) is 18.0 Å². The van der Waals surface area contributed by atoms with Gasteiger partial charge in [0.1, 0.15) is 22.7 Å². The Bertz CT molecular complexity index is 819. The summed E-state index contributed by atoms with van der Waals surface area (Å²) in [5, 5.41) is 0. The standard InChI is InChI=1S/C22H40N2O8S/c1-13-15(29-21(9,10)23(13)17(25)31-19(3,4)5)33(27,28)16-14(2)24(22(11,12)30-16)18(26)32-20(6,7)8/h13-16H,1-12H3/t13-,14-,15-,16+/m0/s1. The summed E-state index contributed by atoms with van der Waals surface area (Å²) in [6, 6.07) is -1.70. The van der Waals surface area contributed by atoms with Crippen LogP contribution in [-0.2, 0) is 28.8 Å². The van der Waals surface area contributed by atoms with Crippen molar-refractivity contribution in [3.05, 3.63) is 0 Å². The fourth-order valence-corrected chi connectivity index (χ4v) is 6.66. The van der Waals surface area contributed by atoms with Crippen LogP contribution in [0.3, 0.4) is 0 Å². The average molecular weight is 493 g/mol. The molecule has 33 heavy (non-hydrogen) atoms. The van der Waals surface area contributed by atoms with Crippen molar-refractivity contribution in [2.24, 2.45) is 0 Å². The Morgan fingerprint density at radius 3 is 1.24 bits per heavy atom. The van der Waals surface area contributed by atoms with Crippen LogP contribution in [0.1, 0.15) is 83.1 Å². The van der Waals surface area contributed by atoms with Crippen LogP contribution in [0.25, 0.3) is 0 Å². The molecule has 0 N–H and O–H groups in total. The number of rotatable bonds is 2. The van der Waals surface area contributed by atoms with Gasteiger partial charge in [-0.3, -0.25) is 9.80 Å². The number of hydrogen-bond acceptors (Lipinski definition) is 8. The van der Waals surface area contributed by atoms with Crippen molar-refractivity contribution in [3.63, 3.8) is 0 Å². The Morgan fingerprint density at radius 2 is 1.00 bits per heavy atom. The summed E-state index contributed by atoms with van der Waals surface area (Å²) in [7, 11) is -4.14. The number of carbonyl (C=O) groups excluding carboxylic acids is 2. The second-order valence-electron chi connectivity index (χ2n) is 11.6. The molecule has 2 aliphatic heterocycles. The summed E-state index contributed by atoms with van der Waals surface area (Å²) < 4.78 is 50.2. The Morgan fingerprint density at radius 1 is 0.727 bits per heavy atom. The number of ether oxygens (including phenoxy) is 4. The first-order valence-electron chi connectivity index (χ1n) is 11.1. The van der Waals surface area contributed by atoms with Gasteiger partial charge in [0.15, 0.2) is 10.9 Å². The van der Waals surface area contributed by atoms with Crippen LogP contribution < -0.4 is 0 Å². The molecule has 0 bridgehead atoms. The van der Waals surface area contributed by atoms with Crippen LogP contribution >= 0.6 is 0 Å². The first-order chi connectivity index (χ1) is 14.5. The highest BCUT2D eigenvalue weighted by atomic mass is 32.2. The highest BCUT2D eigenvalue weighted by molar-refractivity contribution is 7.92. The fourth-order valence-electron chi connectivity index (χ4n) is 4.31. The first kappa shape index (κ1) is 27.7.